The molecule has 1 unspecified atom stereocenters. The fourth-order valence-electron chi connectivity index (χ4n) is 0.991. The van der Waals surface area contributed by atoms with E-state index in [0.717, 1.165) is 12.8 Å². The van der Waals surface area contributed by atoms with Crippen molar-refractivity contribution in [3.63, 3.8) is 0 Å². The summed E-state index contributed by atoms with van der Waals surface area (Å²) in [6, 6.07) is 0. The molecule has 2 aliphatic rings. The fraction of sp³-hybridized carbons (Fsp3) is 0.833. The quantitative estimate of drug-likeness (QED) is 0.578. The van der Waals surface area contributed by atoms with Gasteiger partial charge in [0.05, 0.1) is 11.9 Å². The first kappa shape index (κ1) is 6.61. The van der Waals surface area contributed by atoms with Gasteiger partial charge in [-0.3, -0.25) is 0 Å². The van der Waals surface area contributed by atoms with E-state index in [-0.39, 0.29) is 10.5 Å². The average Bonchev–Trinajstić information content (AvgIpc) is 2.32. The molecule has 10 heavy (non-hydrogen) atoms. The summed E-state index contributed by atoms with van der Waals surface area (Å²) in [5.74, 6) is 0. The molecule has 0 amide bonds. The summed E-state index contributed by atoms with van der Waals surface area (Å²) in [5.41, 5.74) is 0. The van der Waals surface area contributed by atoms with Crippen molar-refractivity contribution in [2.45, 2.75) is 23.3 Å². The summed E-state index contributed by atoms with van der Waals surface area (Å²) >= 11 is 0. The molecule has 1 atom stereocenters. The lowest BCUT2D eigenvalue weighted by molar-refractivity contribution is 0.109. The van der Waals surface area contributed by atoms with Crippen LogP contribution in [0, 0.1) is 6.61 Å². The van der Waals surface area contributed by atoms with E-state index in [9.17, 15) is 8.42 Å². The number of sulfone groups is 1. The van der Waals surface area contributed by atoms with Crippen LogP contribution in [0.25, 0.3) is 0 Å². The second kappa shape index (κ2) is 1.95. The maximum atomic E-state index is 11.3. The topological polar surface area (TPSA) is 43.4 Å². The van der Waals surface area contributed by atoms with Crippen LogP contribution in [0.15, 0.2) is 0 Å². The molecule has 4 heteroatoms. The number of hydrogen-bond acceptors (Lipinski definition) is 3. The third-order valence-corrected chi connectivity index (χ3v) is 4.41. The van der Waals surface area contributed by atoms with Crippen LogP contribution in [0.3, 0.4) is 0 Å². The summed E-state index contributed by atoms with van der Waals surface area (Å²) in [4.78, 5) is 0. The highest BCUT2D eigenvalue weighted by molar-refractivity contribution is 7.93. The molecule has 0 bridgehead atoms. The van der Waals surface area contributed by atoms with Gasteiger partial charge in [-0.2, -0.15) is 0 Å². The standard InChI is InChI=1S/C6H9O3S/c7-10(8,5-1-2-5)6-3-9-4-6/h3,5-6H,1-2,4H2. The van der Waals surface area contributed by atoms with Gasteiger partial charge in [0.2, 0.25) is 0 Å². The molecule has 0 aromatic rings. The molecule has 1 aliphatic carbocycles. The van der Waals surface area contributed by atoms with Crippen LogP contribution in [0.4, 0.5) is 0 Å². The molecule has 2 rings (SSSR count). The van der Waals surface area contributed by atoms with Crippen LogP contribution in [-0.4, -0.2) is 25.5 Å². The Labute approximate surface area is 60.3 Å². The minimum Gasteiger partial charge on any atom is -0.373 e. The Morgan fingerprint density at radius 1 is 1.40 bits per heavy atom. The Balaban J connectivity index is 2.12. The Morgan fingerprint density at radius 3 is 2.30 bits per heavy atom. The third-order valence-electron chi connectivity index (χ3n) is 1.92. The zero-order valence-electron chi connectivity index (χ0n) is 5.49. The van der Waals surface area contributed by atoms with Crippen molar-refractivity contribution >= 4 is 9.84 Å². The second-order valence-corrected chi connectivity index (χ2v) is 5.25. The van der Waals surface area contributed by atoms with E-state index in [1.165, 1.54) is 6.61 Å². The Morgan fingerprint density at radius 2 is 2.00 bits per heavy atom. The Hall–Kier alpha value is -0.0900. The van der Waals surface area contributed by atoms with E-state index in [2.05, 4.69) is 0 Å². The SMILES string of the molecule is O=S(=O)(C1[CH]OC1)C1CC1. The summed E-state index contributed by atoms with van der Waals surface area (Å²) in [5, 5.41) is -0.336. The monoisotopic (exact) mass is 161 g/mol. The molecule has 0 aromatic carbocycles. The number of hydrogen-bond donors (Lipinski definition) is 0. The van der Waals surface area contributed by atoms with Gasteiger partial charge < -0.3 is 4.74 Å². The number of ether oxygens (including phenoxy) is 1. The average molecular weight is 161 g/mol. The largest absolute Gasteiger partial charge is 0.373 e. The Kier molecular flexibility index (Phi) is 1.29. The lowest BCUT2D eigenvalue weighted by Gasteiger charge is -2.24. The van der Waals surface area contributed by atoms with E-state index in [0.29, 0.717) is 6.61 Å². The van der Waals surface area contributed by atoms with Gasteiger partial charge in [0, 0.05) is 0 Å². The molecule has 0 spiro atoms. The van der Waals surface area contributed by atoms with E-state index in [4.69, 9.17) is 4.74 Å². The van der Waals surface area contributed by atoms with Gasteiger partial charge in [0.1, 0.15) is 11.9 Å². The van der Waals surface area contributed by atoms with Crippen molar-refractivity contribution < 1.29 is 13.2 Å². The van der Waals surface area contributed by atoms with Crippen molar-refractivity contribution in [3.05, 3.63) is 6.61 Å². The molecule has 1 aliphatic heterocycles. The van der Waals surface area contributed by atoms with E-state index in [1.54, 1.807) is 0 Å². The third kappa shape index (κ3) is 0.864. The molecule has 0 N–H and O–H groups in total. The molecule has 2 fully saturated rings. The smallest absolute Gasteiger partial charge is 0.160 e. The zero-order valence-corrected chi connectivity index (χ0v) is 6.30. The fourth-order valence-corrected chi connectivity index (χ4v) is 2.78. The van der Waals surface area contributed by atoms with E-state index in [1.807, 2.05) is 0 Å². The van der Waals surface area contributed by atoms with Crippen molar-refractivity contribution in [2.75, 3.05) is 6.61 Å². The summed E-state index contributed by atoms with van der Waals surface area (Å²) in [6.45, 7) is 1.80. The number of rotatable bonds is 2. The van der Waals surface area contributed by atoms with Crippen LogP contribution in [0.5, 0.6) is 0 Å². The summed E-state index contributed by atoms with van der Waals surface area (Å²) < 4.78 is 27.2. The highest BCUT2D eigenvalue weighted by Gasteiger charge is 2.44. The van der Waals surface area contributed by atoms with Crippen LogP contribution in [0.1, 0.15) is 12.8 Å². The lowest BCUT2D eigenvalue weighted by atomic mass is 10.4. The predicted octanol–water partition coefficient (Wildman–Crippen LogP) is 0.124. The Bertz CT molecular complexity index is 223. The first-order chi connectivity index (χ1) is 4.71. The van der Waals surface area contributed by atoms with Crippen LogP contribution in [0.2, 0.25) is 0 Å². The van der Waals surface area contributed by atoms with Gasteiger partial charge in [-0.1, -0.05) is 0 Å². The second-order valence-electron chi connectivity index (χ2n) is 2.80. The maximum absolute atomic E-state index is 11.3. The molecule has 0 aromatic heterocycles. The molecule has 1 saturated carbocycles. The van der Waals surface area contributed by atoms with Crippen LogP contribution in [-0.2, 0) is 14.6 Å². The van der Waals surface area contributed by atoms with Crippen LogP contribution >= 0.6 is 0 Å². The van der Waals surface area contributed by atoms with Gasteiger partial charge in [0.25, 0.3) is 0 Å². The van der Waals surface area contributed by atoms with Gasteiger partial charge in [-0.05, 0) is 12.8 Å². The van der Waals surface area contributed by atoms with Gasteiger partial charge in [-0.15, -0.1) is 0 Å². The molecular formula is C6H9O3S. The zero-order chi connectivity index (χ0) is 7.19. The van der Waals surface area contributed by atoms with Gasteiger partial charge in [-0.25, -0.2) is 8.42 Å². The van der Waals surface area contributed by atoms with Gasteiger partial charge in [0.15, 0.2) is 9.84 Å². The van der Waals surface area contributed by atoms with Crippen molar-refractivity contribution in [3.8, 4) is 0 Å². The van der Waals surface area contributed by atoms with Crippen molar-refractivity contribution in [1.82, 2.24) is 0 Å². The molecule has 1 radical (unpaired) electrons. The van der Waals surface area contributed by atoms with Crippen LogP contribution < -0.4 is 0 Å². The predicted molar refractivity (Wildman–Crippen MR) is 36.0 cm³/mol. The minimum absolute atomic E-state index is 0.0438. The highest BCUT2D eigenvalue weighted by atomic mass is 32.2. The highest BCUT2D eigenvalue weighted by Crippen LogP contribution is 2.34. The molecule has 1 saturated heterocycles. The summed E-state index contributed by atoms with van der Waals surface area (Å²) in [6.07, 6.45) is 1.71. The molecule has 3 nitrogen and oxygen atoms in total. The minimum atomic E-state index is -2.81. The van der Waals surface area contributed by atoms with Crippen molar-refractivity contribution in [2.24, 2.45) is 0 Å². The molecule has 57 valence electrons. The first-order valence-electron chi connectivity index (χ1n) is 3.39. The molecular weight excluding hydrogens is 152 g/mol. The first-order valence-corrected chi connectivity index (χ1v) is 5.00. The van der Waals surface area contributed by atoms with E-state index >= 15 is 0 Å². The van der Waals surface area contributed by atoms with Gasteiger partial charge >= 0.3 is 0 Å². The lowest BCUT2D eigenvalue weighted by Crippen LogP contribution is -2.38. The van der Waals surface area contributed by atoms with E-state index < -0.39 is 9.84 Å². The normalized spacial score (nSPS) is 28.0. The maximum Gasteiger partial charge on any atom is 0.160 e. The summed E-state index contributed by atoms with van der Waals surface area (Å²) in [7, 11) is -2.81. The van der Waals surface area contributed by atoms with Crippen molar-refractivity contribution in [1.29, 1.82) is 0 Å². The molecule has 1 heterocycles.